The molecule has 7 heteroatoms. The fourth-order valence-electron chi connectivity index (χ4n) is 1.97. The van der Waals surface area contributed by atoms with Crippen molar-refractivity contribution in [2.75, 3.05) is 5.32 Å². The minimum absolute atomic E-state index is 0. The number of carbonyl (C=O) groups is 1. The minimum Gasteiger partial charge on any atom is -0.508 e. The highest BCUT2D eigenvalue weighted by molar-refractivity contribution is 5.97. The van der Waals surface area contributed by atoms with Crippen molar-refractivity contribution in [1.82, 2.24) is 9.97 Å². The molecule has 1 heterocycles. The van der Waals surface area contributed by atoms with Crippen molar-refractivity contribution in [3.63, 3.8) is 0 Å². The van der Waals surface area contributed by atoms with E-state index < -0.39 is 5.97 Å². The van der Waals surface area contributed by atoms with E-state index in [1.54, 1.807) is 30.3 Å². The molecule has 6 nitrogen and oxygen atoms in total. The second-order valence-electron chi connectivity index (χ2n) is 4.43. The largest absolute Gasteiger partial charge is 0.508 e. The summed E-state index contributed by atoms with van der Waals surface area (Å²) in [5.41, 5.74) is 1.48. The van der Waals surface area contributed by atoms with Crippen molar-refractivity contribution in [2.45, 2.75) is 0 Å². The number of phenolic OH excluding ortho intramolecular Hbond substituents is 1. The van der Waals surface area contributed by atoms with E-state index in [0.717, 1.165) is 11.1 Å². The molecule has 2 aromatic carbocycles. The zero-order valence-electron chi connectivity index (χ0n) is 11.2. The summed E-state index contributed by atoms with van der Waals surface area (Å²) in [7, 11) is 0. The smallest absolute Gasteiger partial charge is 0.335 e. The zero-order chi connectivity index (χ0) is 14.8. The maximum atomic E-state index is 11.0. The van der Waals surface area contributed by atoms with Gasteiger partial charge in [0.05, 0.1) is 11.1 Å². The van der Waals surface area contributed by atoms with Crippen LogP contribution in [0.2, 0.25) is 0 Å². The quantitative estimate of drug-likeness (QED) is 0.642. The molecule has 3 rings (SSSR count). The maximum Gasteiger partial charge on any atom is 0.335 e. The second-order valence-corrected chi connectivity index (χ2v) is 4.43. The molecule has 3 N–H and O–H groups in total. The molecular formula is C15H12ClN3O3. The second kappa shape index (κ2) is 6.28. The fraction of sp³-hybridized carbons (Fsp3) is 0. The summed E-state index contributed by atoms with van der Waals surface area (Å²) >= 11 is 0. The van der Waals surface area contributed by atoms with Crippen molar-refractivity contribution in [3.8, 4) is 5.75 Å². The number of hydrogen-bond acceptors (Lipinski definition) is 5. The van der Waals surface area contributed by atoms with Crippen LogP contribution in [0.5, 0.6) is 5.75 Å². The van der Waals surface area contributed by atoms with Gasteiger partial charge in [0.25, 0.3) is 0 Å². The Balaban J connectivity index is 0.00000176. The Labute approximate surface area is 131 Å². The number of aromatic carboxylic acids is 1. The number of phenols is 1. The minimum atomic E-state index is -0.997. The standard InChI is InChI=1S/C15H11N3O3.ClH/c19-11-4-2-10(3-5-11)18-14-12-6-1-9(15(20)21)7-13(12)16-8-17-14;/h1-8,19H,(H,20,21)(H,16,17,18);1H. The van der Waals surface area contributed by atoms with Gasteiger partial charge in [-0.15, -0.1) is 12.4 Å². The molecule has 0 atom stereocenters. The highest BCUT2D eigenvalue weighted by atomic mass is 35.5. The molecule has 0 amide bonds. The van der Waals surface area contributed by atoms with Crippen molar-refractivity contribution in [1.29, 1.82) is 0 Å². The molecule has 112 valence electrons. The zero-order valence-corrected chi connectivity index (χ0v) is 12.0. The van der Waals surface area contributed by atoms with E-state index in [2.05, 4.69) is 15.3 Å². The van der Waals surface area contributed by atoms with Crippen molar-refractivity contribution in [3.05, 3.63) is 54.4 Å². The predicted molar refractivity (Wildman–Crippen MR) is 85.1 cm³/mol. The van der Waals surface area contributed by atoms with Crippen LogP contribution in [-0.4, -0.2) is 26.2 Å². The summed E-state index contributed by atoms with van der Waals surface area (Å²) in [4.78, 5) is 19.2. The first kappa shape index (κ1) is 15.5. The van der Waals surface area contributed by atoms with Gasteiger partial charge >= 0.3 is 5.97 Å². The highest BCUT2D eigenvalue weighted by Crippen LogP contribution is 2.24. The van der Waals surface area contributed by atoms with Gasteiger partial charge in [0.1, 0.15) is 17.9 Å². The molecule has 0 radical (unpaired) electrons. The van der Waals surface area contributed by atoms with Crippen LogP contribution < -0.4 is 5.32 Å². The summed E-state index contributed by atoms with van der Waals surface area (Å²) in [6.45, 7) is 0. The number of carboxylic acids is 1. The van der Waals surface area contributed by atoms with E-state index in [9.17, 15) is 9.90 Å². The number of hydrogen-bond donors (Lipinski definition) is 3. The SMILES string of the molecule is Cl.O=C(O)c1ccc2c(Nc3ccc(O)cc3)ncnc2c1. The molecule has 0 aliphatic heterocycles. The third kappa shape index (κ3) is 3.07. The number of nitrogens with zero attached hydrogens (tertiary/aromatic N) is 2. The topological polar surface area (TPSA) is 95.3 Å². The van der Waals surface area contributed by atoms with Gasteiger partial charge in [-0.2, -0.15) is 0 Å². The molecule has 3 aromatic rings. The summed E-state index contributed by atoms with van der Waals surface area (Å²) in [5, 5.41) is 22.1. The van der Waals surface area contributed by atoms with Gasteiger partial charge in [-0.1, -0.05) is 0 Å². The Kier molecular flexibility index (Phi) is 4.43. The third-order valence-corrected chi connectivity index (χ3v) is 3.01. The van der Waals surface area contributed by atoms with Crippen LogP contribution in [0, 0.1) is 0 Å². The molecule has 0 aliphatic rings. The monoisotopic (exact) mass is 317 g/mol. The molecule has 22 heavy (non-hydrogen) atoms. The molecule has 0 aliphatic carbocycles. The molecule has 0 spiro atoms. The number of halogens is 1. The number of fused-ring (bicyclic) bond motifs is 1. The lowest BCUT2D eigenvalue weighted by atomic mass is 10.1. The normalized spacial score (nSPS) is 10.0. The first-order valence-electron chi connectivity index (χ1n) is 6.17. The summed E-state index contributed by atoms with van der Waals surface area (Å²) in [5.74, 6) is -0.245. The Morgan fingerprint density at radius 2 is 1.77 bits per heavy atom. The first-order valence-corrected chi connectivity index (χ1v) is 6.17. The van der Waals surface area contributed by atoms with Gasteiger partial charge in [0.2, 0.25) is 0 Å². The van der Waals surface area contributed by atoms with Gasteiger partial charge < -0.3 is 15.5 Å². The fourth-order valence-corrected chi connectivity index (χ4v) is 1.97. The van der Waals surface area contributed by atoms with Crippen molar-refractivity contribution < 1.29 is 15.0 Å². The predicted octanol–water partition coefficient (Wildman–Crippen LogP) is 3.20. The van der Waals surface area contributed by atoms with Crippen LogP contribution in [-0.2, 0) is 0 Å². The Morgan fingerprint density at radius 1 is 1.05 bits per heavy atom. The van der Waals surface area contributed by atoms with Crippen LogP contribution >= 0.6 is 12.4 Å². The molecule has 1 aromatic heterocycles. The lowest BCUT2D eigenvalue weighted by Gasteiger charge is -2.08. The average molecular weight is 318 g/mol. The van der Waals surface area contributed by atoms with Crippen LogP contribution in [0.15, 0.2) is 48.8 Å². The van der Waals surface area contributed by atoms with Crippen LogP contribution in [0.4, 0.5) is 11.5 Å². The summed E-state index contributed by atoms with van der Waals surface area (Å²) in [6, 6.07) is 11.2. The van der Waals surface area contributed by atoms with E-state index in [1.807, 2.05) is 0 Å². The average Bonchev–Trinajstić information content (AvgIpc) is 2.49. The van der Waals surface area contributed by atoms with Gasteiger partial charge in [-0.25, -0.2) is 14.8 Å². The Morgan fingerprint density at radius 3 is 2.45 bits per heavy atom. The number of benzene rings is 2. The number of carboxylic acid groups (broad SMARTS) is 1. The van der Waals surface area contributed by atoms with Crippen LogP contribution in [0.25, 0.3) is 10.9 Å². The lowest BCUT2D eigenvalue weighted by molar-refractivity contribution is 0.0697. The number of nitrogens with one attached hydrogen (secondary N) is 1. The van der Waals surface area contributed by atoms with Crippen molar-refractivity contribution >= 4 is 40.8 Å². The molecule has 0 saturated carbocycles. The number of anilines is 2. The molecule has 0 fully saturated rings. The maximum absolute atomic E-state index is 11.0. The molecule has 0 unspecified atom stereocenters. The number of aromatic nitrogens is 2. The first-order chi connectivity index (χ1) is 10.1. The summed E-state index contributed by atoms with van der Waals surface area (Å²) in [6.07, 6.45) is 1.37. The molecule has 0 saturated heterocycles. The van der Waals surface area contributed by atoms with E-state index >= 15 is 0 Å². The lowest BCUT2D eigenvalue weighted by Crippen LogP contribution is -1.99. The Bertz CT molecular complexity index is 822. The highest BCUT2D eigenvalue weighted by Gasteiger charge is 2.08. The molecule has 0 bridgehead atoms. The Hall–Kier alpha value is -2.86. The van der Waals surface area contributed by atoms with E-state index in [1.165, 1.54) is 18.5 Å². The van der Waals surface area contributed by atoms with E-state index in [4.69, 9.17) is 5.11 Å². The third-order valence-electron chi connectivity index (χ3n) is 3.01. The van der Waals surface area contributed by atoms with Gasteiger partial charge in [-0.05, 0) is 42.5 Å². The van der Waals surface area contributed by atoms with Crippen molar-refractivity contribution in [2.24, 2.45) is 0 Å². The summed E-state index contributed by atoms with van der Waals surface area (Å²) < 4.78 is 0. The number of aromatic hydroxyl groups is 1. The van der Waals surface area contributed by atoms with Gasteiger partial charge in [-0.3, -0.25) is 0 Å². The van der Waals surface area contributed by atoms with Gasteiger partial charge in [0.15, 0.2) is 0 Å². The molecular weight excluding hydrogens is 306 g/mol. The van der Waals surface area contributed by atoms with E-state index in [0.29, 0.717) is 11.3 Å². The van der Waals surface area contributed by atoms with Gasteiger partial charge in [0, 0.05) is 11.1 Å². The van der Waals surface area contributed by atoms with E-state index in [-0.39, 0.29) is 23.7 Å². The number of rotatable bonds is 3. The van der Waals surface area contributed by atoms with Crippen LogP contribution in [0.3, 0.4) is 0 Å². The van der Waals surface area contributed by atoms with Crippen LogP contribution in [0.1, 0.15) is 10.4 Å².